The summed E-state index contributed by atoms with van der Waals surface area (Å²) >= 11 is 0. The Morgan fingerprint density at radius 1 is 1.28 bits per heavy atom. The molecule has 1 aromatic carbocycles. The fraction of sp³-hybridized carbons (Fsp3) is 0.571. The molecule has 1 unspecified atom stereocenters. The molecule has 1 N–H and O–H groups in total. The lowest BCUT2D eigenvalue weighted by Gasteiger charge is -2.27. The highest BCUT2D eigenvalue weighted by atomic mass is 32.2. The highest BCUT2D eigenvalue weighted by Gasteiger charge is 2.49. The highest BCUT2D eigenvalue weighted by molar-refractivity contribution is 7.90. The number of hydrogen-bond donors (Lipinski definition) is 1. The Morgan fingerprint density at radius 2 is 1.89 bits per heavy atom. The number of likely N-dealkylation sites (N-methyl/N-ethyl adjacent to an activating group) is 1. The zero-order valence-electron chi connectivity index (χ0n) is 11.0. The molecule has 0 aliphatic heterocycles. The van der Waals surface area contributed by atoms with Gasteiger partial charge in [0.25, 0.3) is 0 Å². The van der Waals surface area contributed by atoms with Crippen LogP contribution in [0.15, 0.2) is 30.3 Å². The molecule has 0 bridgehead atoms. The van der Waals surface area contributed by atoms with Crippen LogP contribution in [-0.4, -0.2) is 33.5 Å². The third kappa shape index (κ3) is 2.93. The van der Waals surface area contributed by atoms with Crippen LogP contribution in [0, 0.1) is 0 Å². The maximum absolute atomic E-state index is 11.3. The molecule has 0 spiro atoms. The van der Waals surface area contributed by atoms with Gasteiger partial charge in [0.1, 0.15) is 9.84 Å². The first-order valence-electron chi connectivity index (χ1n) is 6.38. The molecule has 0 aromatic heterocycles. The summed E-state index contributed by atoms with van der Waals surface area (Å²) in [5.74, 6) is 0.257. The van der Waals surface area contributed by atoms with E-state index in [0.717, 1.165) is 12.8 Å². The van der Waals surface area contributed by atoms with Gasteiger partial charge in [-0.1, -0.05) is 30.3 Å². The average Bonchev–Trinajstić information content (AvgIpc) is 3.11. The van der Waals surface area contributed by atoms with Crippen molar-refractivity contribution in [3.63, 3.8) is 0 Å². The van der Waals surface area contributed by atoms with Gasteiger partial charge in [0, 0.05) is 17.7 Å². The van der Waals surface area contributed by atoms with Gasteiger partial charge in [-0.05, 0) is 31.9 Å². The van der Waals surface area contributed by atoms with Crippen LogP contribution in [0.4, 0.5) is 0 Å². The largest absolute Gasteiger partial charge is 0.316 e. The van der Waals surface area contributed by atoms with E-state index in [0.29, 0.717) is 6.42 Å². The van der Waals surface area contributed by atoms with Crippen LogP contribution in [0.1, 0.15) is 24.8 Å². The Labute approximate surface area is 110 Å². The van der Waals surface area contributed by atoms with E-state index in [1.54, 1.807) is 0 Å². The second-order valence-corrected chi connectivity index (χ2v) is 7.54. The van der Waals surface area contributed by atoms with Crippen LogP contribution in [-0.2, 0) is 15.3 Å². The minimum atomic E-state index is -2.88. The maximum atomic E-state index is 11.3. The second kappa shape index (κ2) is 5.02. The fourth-order valence-electron chi connectivity index (χ4n) is 2.77. The number of benzene rings is 1. The van der Waals surface area contributed by atoms with Crippen LogP contribution >= 0.6 is 0 Å². The Kier molecular flexibility index (Phi) is 3.78. The summed E-state index contributed by atoms with van der Waals surface area (Å²) in [6.07, 6.45) is 4.28. The lowest BCUT2D eigenvalue weighted by Crippen LogP contribution is -2.39. The first kappa shape index (κ1) is 13.6. The molecule has 1 atom stereocenters. The van der Waals surface area contributed by atoms with Crippen LogP contribution in [0.3, 0.4) is 0 Å². The van der Waals surface area contributed by atoms with E-state index >= 15 is 0 Å². The van der Waals surface area contributed by atoms with Gasteiger partial charge < -0.3 is 5.32 Å². The van der Waals surface area contributed by atoms with Crippen molar-refractivity contribution >= 4 is 9.84 Å². The summed E-state index contributed by atoms with van der Waals surface area (Å²) in [6.45, 7) is 0. The normalized spacial score (nSPS) is 19.4. The summed E-state index contributed by atoms with van der Waals surface area (Å²) in [5.41, 5.74) is 1.48. The summed E-state index contributed by atoms with van der Waals surface area (Å²) in [4.78, 5) is 0. The van der Waals surface area contributed by atoms with E-state index in [1.807, 2.05) is 13.1 Å². The molecule has 3 nitrogen and oxygen atoms in total. The van der Waals surface area contributed by atoms with Crippen molar-refractivity contribution < 1.29 is 8.42 Å². The molecule has 2 rings (SSSR count). The predicted molar refractivity (Wildman–Crippen MR) is 74.5 cm³/mol. The molecule has 4 heteroatoms. The first-order chi connectivity index (χ1) is 8.48. The Bertz CT molecular complexity index is 492. The second-order valence-electron chi connectivity index (χ2n) is 5.28. The lowest BCUT2D eigenvalue weighted by molar-refractivity contribution is 0.433. The van der Waals surface area contributed by atoms with E-state index < -0.39 is 9.84 Å². The van der Waals surface area contributed by atoms with Gasteiger partial charge in [0.2, 0.25) is 0 Å². The summed E-state index contributed by atoms with van der Waals surface area (Å²) < 4.78 is 22.6. The molecule has 18 heavy (non-hydrogen) atoms. The van der Waals surface area contributed by atoms with E-state index in [2.05, 4.69) is 29.6 Å². The van der Waals surface area contributed by atoms with Crippen molar-refractivity contribution in [3.05, 3.63) is 35.9 Å². The zero-order chi connectivity index (χ0) is 13.2. The standard InChI is InChI=1S/C14H21NO2S/c1-15-13(8-11-18(2,16)17)14(9-10-14)12-6-4-3-5-7-12/h3-7,13,15H,8-11H2,1-2H3. The number of rotatable bonds is 6. The molecule has 1 aromatic rings. The van der Waals surface area contributed by atoms with Gasteiger partial charge >= 0.3 is 0 Å². The van der Waals surface area contributed by atoms with Crippen molar-refractivity contribution in [2.45, 2.75) is 30.7 Å². The van der Waals surface area contributed by atoms with Crippen molar-refractivity contribution in [2.24, 2.45) is 0 Å². The van der Waals surface area contributed by atoms with Crippen LogP contribution in [0.25, 0.3) is 0 Å². The molecule has 100 valence electrons. The van der Waals surface area contributed by atoms with Gasteiger partial charge in [-0.2, -0.15) is 0 Å². The summed E-state index contributed by atoms with van der Waals surface area (Å²) in [6, 6.07) is 10.7. The fourth-order valence-corrected chi connectivity index (χ4v) is 3.44. The quantitative estimate of drug-likeness (QED) is 0.854. The lowest BCUT2D eigenvalue weighted by atomic mass is 9.86. The van der Waals surface area contributed by atoms with Crippen LogP contribution in [0.5, 0.6) is 0 Å². The summed E-state index contributed by atoms with van der Waals surface area (Å²) in [7, 11) is -0.957. The number of hydrogen-bond acceptors (Lipinski definition) is 3. The van der Waals surface area contributed by atoms with E-state index in [1.165, 1.54) is 11.8 Å². The van der Waals surface area contributed by atoms with Crippen molar-refractivity contribution in [3.8, 4) is 0 Å². The van der Waals surface area contributed by atoms with Crippen LogP contribution in [0.2, 0.25) is 0 Å². The average molecular weight is 267 g/mol. The maximum Gasteiger partial charge on any atom is 0.147 e. The topological polar surface area (TPSA) is 46.2 Å². The third-order valence-electron chi connectivity index (χ3n) is 3.93. The Balaban J connectivity index is 2.13. The number of nitrogens with one attached hydrogen (secondary N) is 1. The van der Waals surface area contributed by atoms with Gasteiger partial charge in [-0.3, -0.25) is 0 Å². The minimum Gasteiger partial charge on any atom is -0.316 e. The van der Waals surface area contributed by atoms with E-state index in [-0.39, 0.29) is 17.2 Å². The Morgan fingerprint density at radius 3 is 2.33 bits per heavy atom. The molecule has 0 radical (unpaired) electrons. The SMILES string of the molecule is CNC(CCS(C)(=O)=O)C1(c2ccccc2)CC1. The van der Waals surface area contributed by atoms with Gasteiger partial charge in [0.05, 0.1) is 5.75 Å². The third-order valence-corrected chi connectivity index (χ3v) is 4.91. The minimum absolute atomic E-state index is 0.153. The van der Waals surface area contributed by atoms with Crippen molar-refractivity contribution in [2.75, 3.05) is 19.1 Å². The van der Waals surface area contributed by atoms with Gasteiger partial charge in [-0.25, -0.2) is 8.42 Å². The molecule has 1 aliphatic rings. The van der Waals surface area contributed by atoms with Crippen LogP contribution < -0.4 is 5.32 Å². The Hall–Kier alpha value is -0.870. The van der Waals surface area contributed by atoms with E-state index in [9.17, 15) is 8.42 Å². The molecule has 0 saturated heterocycles. The van der Waals surface area contributed by atoms with E-state index in [4.69, 9.17) is 0 Å². The molecular weight excluding hydrogens is 246 g/mol. The molecule has 0 amide bonds. The van der Waals surface area contributed by atoms with Crippen molar-refractivity contribution in [1.82, 2.24) is 5.32 Å². The predicted octanol–water partition coefficient (Wildman–Crippen LogP) is 1.74. The zero-order valence-corrected chi connectivity index (χ0v) is 11.8. The summed E-state index contributed by atoms with van der Waals surface area (Å²) in [5, 5.41) is 3.31. The van der Waals surface area contributed by atoms with Crippen molar-refractivity contribution in [1.29, 1.82) is 0 Å². The monoisotopic (exact) mass is 267 g/mol. The van der Waals surface area contributed by atoms with Gasteiger partial charge in [-0.15, -0.1) is 0 Å². The molecule has 0 heterocycles. The smallest absolute Gasteiger partial charge is 0.147 e. The molecule has 1 fully saturated rings. The molecule has 1 aliphatic carbocycles. The molecular formula is C14H21NO2S. The highest BCUT2D eigenvalue weighted by Crippen LogP contribution is 2.51. The number of sulfone groups is 1. The first-order valence-corrected chi connectivity index (χ1v) is 8.44. The molecule has 1 saturated carbocycles. The van der Waals surface area contributed by atoms with Gasteiger partial charge in [0.15, 0.2) is 0 Å².